The Hall–Kier alpha value is -2.31. The topological polar surface area (TPSA) is 35.2 Å². The molecule has 0 aliphatic carbocycles. The number of aryl methyl sites for hydroxylation is 1. The third kappa shape index (κ3) is 4.34. The molecule has 2 nitrogen and oxygen atoms in total. The summed E-state index contributed by atoms with van der Waals surface area (Å²) in [7, 11) is 0. The fourth-order valence-electron chi connectivity index (χ4n) is 1.88. The lowest BCUT2D eigenvalue weighted by Crippen LogP contribution is -1.99. The molecular formula is C18H18FNO. The van der Waals surface area contributed by atoms with Gasteiger partial charge in [0.25, 0.3) is 0 Å². The first kappa shape index (κ1) is 15.1. The number of ether oxygens (including phenoxy) is 1. The van der Waals surface area contributed by atoms with Gasteiger partial charge in [-0.05, 0) is 36.2 Å². The van der Waals surface area contributed by atoms with Gasteiger partial charge in [0.2, 0.25) is 0 Å². The van der Waals surface area contributed by atoms with Crippen molar-refractivity contribution in [3.8, 4) is 17.6 Å². The Balaban J connectivity index is 2.02. The monoisotopic (exact) mass is 283 g/mol. The molecule has 0 unspecified atom stereocenters. The number of hydrogen-bond acceptors (Lipinski definition) is 2. The number of hydrogen-bond donors (Lipinski definition) is 1. The largest absolute Gasteiger partial charge is 0.489 e. The van der Waals surface area contributed by atoms with E-state index in [-0.39, 0.29) is 19.0 Å². The summed E-state index contributed by atoms with van der Waals surface area (Å²) in [5, 5.41) is 0. The maximum atomic E-state index is 13.9. The Kier molecular flexibility index (Phi) is 5.36. The zero-order chi connectivity index (χ0) is 15.1. The second kappa shape index (κ2) is 7.47. The van der Waals surface area contributed by atoms with Gasteiger partial charge in [0.1, 0.15) is 18.2 Å². The van der Waals surface area contributed by atoms with Crippen molar-refractivity contribution in [2.24, 2.45) is 5.73 Å². The average molecular weight is 283 g/mol. The SMILES string of the molecule is CCc1ccc(OCc2ccc(C#CCN)cc2F)cc1. The van der Waals surface area contributed by atoms with Gasteiger partial charge in [0.15, 0.2) is 0 Å². The van der Waals surface area contributed by atoms with Crippen molar-refractivity contribution in [3.05, 3.63) is 65.0 Å². The van der Waals surface area contributed by atoms with E-state index >= 15 is 0 Å². The molecule has 0 fully saturated rings. The molecule has 0 bridgehead atoms. The Morgan fingerprint density at radius 1 is 1.14 bits per heavy atom. The molecule has 0 radical (unpaired) electrons. The van der Waals surface area contributed by atoms with Gasteiger partial charge >= 0.3 is 0 Å². The lowest BCUT2D eigenvalue weighted by Gasteiger charge is -2.08. The van der Waals surface area contributed by atoms with Crippen LogP contribution in [0.2, 0.25) is 0 Å². The van der Waals surface area contributed by atoms with Gasteiger partial charge in [-0.1, -0.05) is 37.0 Å². The second-order valence-corrected chi connectivity index (χ2v) is 4.60. The number of nitrogens with two attached hydrogens (primary N) is 1. The Morgan fingerprint density at radius 3 is 2.52 bits per heavy atom. The van der Waals surface area contributed by atoms with E-state index in [0.717, 1.165) is 12.2 Å². The van der Waals surface area contributed by atoms with Crippen LogP contribution in [0.1, 0.15) is 23.6 Å². The molecule has 0 atom stereocenters. The Morgan fingerprint density at radius 2 is 1.90 bits per heavy atom. The fraction of sp³-hybridized carbons (Fsp3) is 0.222. The molecule has 0 aromatic heterocycles. The molecule has 0 amide bonds. The van der Waals surface area contributed by atoms with Crippen LogP contribution in [-0.2, 0) is 13.0 Å². The van der Waals surface area contributed by atoms with Crippen LogP contribution in [0.25, 0.3) is 0 Å². The highest BCUT2D eigenvalue weighted by Crippen LogP contribution is 2.16. The smallest absolute Gasteiger partial charge is 0.131 e. The van der Waals surface area contributed by atoms with E-state index in [1.54, 1.807) is 12.1 Å². The van der Waals surface area contributed by atoms with Crippen LogP contribution >= 0.6 is 0 Å². The highest BCUT2D eigenvalue weighted by Gasteiger charge is 2.04. The van der Waals surface area contributed by atoms with Crippen LogP contribution in [0, 0.1) is 17.7 Å². The van der Waals surface area contributed by atoms with Crippen molar-refractivity contribution in [2.75, 3.05) is 6.54 Å². The summed E-state index contributed by atoms with van der Waals surface area (Å²) in [6, 6.07) is 12.7. The Labute approximate surface area is 124 Å². The maximum Gasteiger partial charge on any atom is 0.131 e. The molecule has 2 N–H and O–H groups in total. The lowest BCUT2D eigenvalue weighted by atomic mass is 10.1. The van der Waals surface area contributed by atoms with Crippen LogP contribution in [0.15, 0.2) is 42.5 Å². The van der Waals surface area contributed by atoms with Gasteiger partial charge in [-0.2, -0.15) is 0 Å². The fourth-order valence-corrected chi connectivity index (χ4v) is 1.88. The van der Waals surface area contributed by atoms with Crippen molar-refractivity contribution < 1.29 is 9.13 Å². The molecule has 0 spiro atoms. The van der Waals surface area contributed by atoms with Gasteiger partial charge in [-0.3, -0.25) is 0 Å². The minimum Gasteiger partial charge on any atom is -0.489 e. The van der Waals surface area contributed by atoms with Crippen molar-refractivity contribution in [1.82, 2.24) is 0 Å². The lowest BCUT2D eigenvalue weighted by molar-refractivity contribution is 0.300. The molecule has 0 saturated heterocycles. The van der Waals surface area contributed by atoms with Crippen LogP contribution in [-0.4, -0.2) is 6.54 Å². The predicted molar refractivity (Wildman–Crippen MR) is 82.5 cm³/mol. The first-order valence-corrected chi connectivity index (χ1v) is 6.92. The van der Waals surface area contributed by atoms with E-state index in [1.807, 2.05) is 24.3 Å². The molecule has 21 heavy (non-hydrogen) atoms. The molecule has 0 saturated carbocycles. The van der Waals surface area contributed by atoms with Gasteiger partial charge < -0.3 is 10.5 Å². The summed E-state index contributed by atoms with van der Waals surface area (Å²) in [5.74, 6) is 5.92. The van der Waals surface area contributed by atoms with Gasteiger partial charge in [-0.15, -0.1) is 0 Å². The van der Waals surface area contributed by atoms with E-state index in [2.05, 4.69) is 18.8 Å². The zero-order valence-corrected chi connectivity index (χ0v) is 12.0. The first-order chi connectivity index (χ1) is 10.2. The number of benzene rings is 2. The highest BCUT2D eigenvalue weighted by atomic mass is 19.1. The van der Waals surface area contributed by atoms with E-state index in [4.69, 9.17) is 10.5 Å². The van der Waals surface area contributed by atoms with E-state index in [9.17, 15) is 4.39 Å². The maximum absolute atomic E-state index is 13.9. The number of rotatable bonds is 4. The van der Waals surface area contributed by atoms with Crippen molar-refractivity contribution in [1.29, 1.82) is 0 Å². The summed E-state index contributed by atoms with van der Waals surface area (Å²) in [6.07, 6.45) is 0.986. The van der Waals surface area contributed by atoms with Crippen molar-refractivity contribution >= 4 is 0 Å². The van der Waals surface area contributed by atoms with E-state index in [0.29, 0.717) is 11.1 Å². The molecule has 2 aromatic rings. The van der Waals surface area contributed by atoms with Gasteiger partial charge in [0, 0.05) is 11.1 Å². The second-order valence-electron chi connectivity index (χ2n) is 4.60. The minimum absolute atomic E-state index is 0.196. The third-order valence-electron chi connectivity index (χ3n) is 3.11. The quantitative estimate of drug-likeness (QED) is 0.874. The average Bonchev–Trinajstić information content (AvgIpc) is 2.52. The van der Waals surface area contributed by atoms with Crippen molar-refractivity contribution in [3.63, 3.8) is 0 Å². The van der Waals surface area contributed by atoms with Gasteiger partial charge in [-0.25, -0.2) is 4.39 Å². The zero-order valence-electron chi connectivity index (χ0n) is 12.0. The Bertz CT molecular complexity index is 653. The van der Waals surface area contributed by atoms with Crippen molar-refractivity contribution in [2.45, 2.75) is 20.0 Å². The molecule has 2 aromatic carbocycles. The first-order valence-electron chi connectivity index (χ1n) is 6.92. The highest BCUT2D eigenvalue weighted by molar-refractivity contribution is 5.37. The summed E-state index contributed by atoms with van der Waals surface area (Å²) in [6.45, 7) is 2.56. The molecule has 3 heteroatoms. The normalized spacial score (nSPS) is 9.86. The number of halogens is 1. The van der Waals surface area contributed by atoms with E-state index < -0.39 is 0 Å². The molecular weight excluding hydrogens is 265 g/mol. The predicted octanol–water partition coefficient (Wildman–Crippen LogP) is 3.28. The molecule has 0 aliphatic rings. The summed E-state index contributed by atoms with van der Waals surface area (Å²) >= 11 is 0. The van der Waals surface area contributed by atoms with Crippen LogP contribution in [0.3, 0.4) is 0 Å². The van der Waals surface area contributed by atoms with Crippen LogP contribution in [0.4, 0.5) is 4.39 Å². The van der Waals surface area contributed by atoms with Gasteiger partial charge in [0.05, 0.1) is 6.54 Å². The molecule has 108 valence electrons. The minimum atomic E-state index is -0.316. The van der Waals surface area contributed by atoms with Crippen LogP contribution in [0.5, 0.6) is 5.75 Å². The molecule has 0 aliphatic heterocycles. The molecule has 2 rings (SSSR count). The molecule has 0 heterocycles. The van der Waals surface area contributed by atoms with E-state index in [1.165, 1.54) is 11.6 Å². The third-order valence-corrected chi connectivity index (χ3v) is 3.11. The summed E-state index contributed by atoms with van der Waals surface area (Å²) < 4.78 is 19.5. The standard InChI is InChI=1S/C18H18FNO/c1-2-14-6-9-17(10-7-14)21-13-16-8-5-15(4-3-11-20)12-18(16)19/h5-10,12H,2,11,13,20H2,1H3. The summed E-state index contributed by atoms with van der Waals surface area (Å²) in [5.41, 5.74) is 7.66. The van der Waals surface area contributed by atoms with Crippen LogP contribution < -0.4 is 10.5 Å². The summed E-state index contributed by atoms with van der Waals surface area (Å²) in [4.78, 5) is 0.